The highest BCUT2D eigenvalue weighted by Gasteiger charge is 2.26. The average molecular weight is 406 g/mol. The van der Waals surface area contributed by atoms with E-state index in [4.69, 9.17) is 5.10 Å². The number of rotatable bonds is 5. The van der Waals surface area contributed by atoms with Crippen LogP contribution in [-0.2, 0) is 0 Å². The number of fused-ring (bicyclic) bond motifs is 1. The molecular weight excluding hydrogens is 374 g/mol. The molecule has 6 heteroatoms. The van der Waals surface area contributed by atoms with E-state index in [2.05, 4.69) is 14.9 Å². The largest absolute Gasteiger partial charge is 0.348 e. The van der Waals surface area contributed by atoms with Gasteiger partial charge >= 0.3 is 5.69 Å². The van der Waals surface area contributed by atoms with Gasteiger partial charge in [-0.2, -0.15) is 4.68 Å². The fourth-order valence-electron chi connectivity index (χ4n) is 5.30. The summed E-state index contributed by atoms with van der Waals surface area (Å²) in [6.45, 7) is 3.35. The van der Waals surface area contributed by atoms with Crippen molar-refractivity contribution >= 4 is 10.8 Å². The third-order valence-electron chi connectivity index (χ3n) is 6.99. The summed E-state index contributed by atoms with van der Waals surface area (Å²) >= 11 is 0. The quantitative estimate of drug-likeness (QED) is 0.689. The number of hydrogen-bond donors (Lipinski definition) is 1. The maximum Gasteiger partial charge on any atom is 0.348 e. The fourth-order valence-corrected chi connectivity index (χ4v) is 5.30. The summed E-state index contributed by atoms with van der Waals surface area (Å²) in [5.74, 6) is 2.04. The second-order valence-electron chi connectivity index (χ2n) is 9.03. The number of nitrogens with one attached hydrogen (secondary N) is 1. The number of pyridine rings is 1. The lowest BCUT2D eigenvalue weighted by molar-refractivity contribution is 0.182. The molecule has 1 saturated carbocycles. The van der Waals surface area contributed by atoms with Crippen LogP contribution in [-0.4, -0.2) is 44.3 Å². The van der Waals surface area contributed by atoms with Crippen molar-refractivity contribution in [1.29, 1.82) is 0 Å². The zero-order valence-electron chi connectivity index (χ0n) is 17.6. The average Bonchev–Trinajstić information content (AvgIpc) is 3.19. The SMILES string of the molecule is O=c1[nH]c([C@@H]2CCCN(CCC3CCCCC3)C2)nn1-c1cccc2cnccc12. The smallest absolute Gasteiger partial charge is 0.303 e. The van der Waals surface area contributed by atoms with E-state index in [9.17, 15) is 4.79 Å². The molecular formula is C24H31N5O. The maximum absolute atomic E-state index is 12.8. The normalized spacial score (nSPS) is 21.3. The molecule has 6 nitrogen and oxygen atoms in total. The number of hydrogen-bond acceptors (Lipinski definition) is 4. The van der Waals surface area contributed by atoms with E-state index in [0.29, 0.717) is 5.92 Å². The Morgan fingerprint density at radius 1 is 1.07 bits per heavy atom. The van der Waals surface area contributed by atoms with Gasteiger partial charge in [-0.1, -0.05) is 44.2 Å². The van der Waals surface area contributed by atoms with E-state index < -0.39 is 0 Å². The number of piperidine rings is 1. The van der Waals surface area contributed by atoms with Crippen LogP contribution in [0.2, 0.25) is 0 Å². The first-order valence-corrected chi connectivity index (χ1v) is 11.5. The Bertz CT molecular complexity index is 1040. The third-order valence-corrected chi connectivity index (χ3v) is 6.99. The molecule has 0 bridgehead atoms. The van der Waals surface area contributed by atoms with Crippen LogP contribution in [0.5, 0.6) is 0 Å². The van der Waals surface area contributed by atoms with Crippen LogP contribution in [0.4, 0.5) is 0 Å². The molecule has 0 amide bonds. The molecule has 2 aromatic heterocycles. The summed E-state index contributed by atoms with van der Waals surface area (Å²) in [5, 5.41) is 6.74. The number of likely N-dealkylation sites (tertiary alicyclic amines) is 1. The van der Waals surface area contributed by atoms with Gasteiger partial charge in [0.25, 0.3) is 0 Å². The van der Waals surface area contributed by atoms with E-state index in [1.165, 1.54) is 62.7 Å². The highest BCUT2D eigenvalue weighted by molar-refractivity contribution is 5.89. The van der Waals surface area contributed by atoms with Crippen molar-refractivity contribution in [2.75, 3.05) is 19.6 Å². The minimum Gasteiger partial charge on any atom is -0.303 e. The lowest BCUT2D eigenvalue weighted by Gasteiger charge is -2.33. The van der Waals surface area contributed by atoms with Crippen LogP contribution in [0.15, 0.2) is 41.5 Å². The Balaban J connectivity index is 1.32. The van der Waals surface area contributed by atoms with Crippen molar-refractivity contribution in [3.63, 3.8) is 0 Å². The number of aromatic amines is 1. The van der Waals surface area contributed by atoms with Gasteiger partial charge in [0.2, 0.25) is 0 Å². The second-order valence-corrected chi connectivity index (χ2v) is 9.03. The maximum atomic E-state index is 12.8. The topological polar surface area (TPSA) is 66.8 Å². The van der Waals surface area contributed by atoms with Gasteiger partial charge in [0.1, 0.15) is 5.82 Å². The number of benzene rings is 1. The van der Waals surface area contributed by atoms with Gasteiger partial charge in [0, 0.05) is 35.6 Å². The Hall–Kier alpha value is -2.47. The third kappa shape index (κ3) is 4.06. The summed E-state index contributed by atoms with van der Waals surface area (Å²) in [7, 11) is 0. The molecule has 2 aliphatic rings. The van der Waals surface area contributed by atoms with Crippen LogP contribution in [0.3, 0.4) is 0 Å². The summed E-state index contributed by atoms with van der Waals surface area (Å²) < 4.78 is 1.53. The summed E-state index contributed by atoms with van der Waals surface area (Å²) in [5.41, 5.74) is 0.654. The summed E-state index contributed by atoms with van der Waals surface area (Å²) in [6.07, 6.45) is 14.2. The molecule has 3 heterocycles. The molecule has 1 aliphatic carbocycles. The molecule has 30 heavy (non-hydrogen) atoms. The minimum absolute atomic E-state index is 0.159. The molecule has 0 radical (unpaired) electrons. The van der Waals surface area contributed by atoms with Gasteiger partial charge in [-0.25, -0.2) is 4.79 Å². The first kappa shape index (κ1) is 19.5. The van der Waals surface area contributed by atoms with E-state index in [1.54, 1.807) is 6.20 Å². The van der Waals surface area contributed by atoms with Crippen molar-refractivity contribution in [3.05, 3.63) is 53.0 Å². The van der Waals surface area contributed by atoms with Gasteiger partial charge in [-0.3, -0.25) is 9.97 Å². The highest BCUT2D eigenvalue weighted by Crippen LogP contribution is 2.29. The molecule has 1 atom stereocenters. The molecule has 0 unspecified atom stereocenters. The number of H-pyrrole nitrogens is 1. The molecule has 1 N–H and O–H groups in total. The Morgan fingerprint density at radius 2 is 1.97 bits per heavy atom. The van der Waals surface area contributed by atoms with Crippen LogP contribution >= 0.6 is 0 Å². The van der Waals surface area contributed by atoms with Crippen molar-refractivity contribution in [2.24, 2.45) is 5.92 Å². The first-order valence-electron chi connectivity index (χ1n) is 11.5. The van der Waals surface area contributed by atoms with Crippen molar-refractivity contribution in [1.82, 2.24) is 24.6 Å². The molecule has 3 aromatic rings. The van der Waals surface area contributed by atoms with Crippen LogP contribution in [0.1, 0.15) is 63.1 Å². The number of nitrogens with zero attached hydrogens (tertiary/aromatic N) is 4. The van der Waals surface area contributed by atoms with Gasteiger partial charge in [-0.15, -0.1) is 5.10 Å². The standard InChI is InChI=1S/C24H31N5O/c30-24-26-23(27-29(24)22-10-4-8-19-16-25-13-11-21(19)22)20-9-5-14-28(17-20)15-12-18-6-2-1-3-7-18/h4,8,10-11,13,16,18,20H,1-3,5-7,9,12,14-15,17H2,(H,26,27,30)/t20-/m1/s1. The van der Waals surface area contributed by atoms with Crippen molar-refractivity contribution in [3.8, 4) is 5.69 Å². The fraction of sp³-hybridized carbons (Fsp3) is 0.542. The van der Waals surface area contributed by atoms with Crippen LogP contribution < -0.4 is 5.69 Å². The second kappa shape index (κ2) is 8.72. The molecule has 1 aromatic carbocycles. The lowest BCUT2D eigenvalue weighted by Crippen LogP contribution is -2.36. The van der Waals surface area contributed by atoms with Gasteiger partial charge in [-0.05, 0) is 50.4 Å². The van der Waals surface area contributed by atoms with E-state index in [0.717, 1.165) is 41.2 Å². The van der Waals surface area contributed by atoms with E-state index in [-0.39, 0.29) is 5.69 Å². The predicted octanol–water partition coefficient (Wildman–Crippen LogP) is 4.26. The molecule has 1 saturated heterocycles. The Morgan fingerprint density at radius 3 is 2.87 bits per heavy atom. The summed E-state index contributed by atoms with van der Waals surface area (Å²) in [6, 6.07) is 7.86. The molecule has 158 valence electrons. The molecule has 2 fully saturated rings. The van der Waals surface area contributed by atoms with Gasteiger partial charge < -0.3 is 4.90 Å². The molecule has 5 rings (SSSR count). The zero-order valence-corrected chi connectivity index (χ0v) is 17.6. The zero-order chi connectivity index (χ0) is 20.3. The van der Waals surface area contributed by atoms with Crippen LogP contribution in [0, 0.1) is 5.92 Å². The molecule has 1 aliphatic heterocycles. The summed E-state index contributed by atoms with van der Waals surface area (Å²) in [4.78, 5) is 22.6. The lowest BCUT2D eigenvalue weighted by atomic mass is 9.86. The van der Waals surface area contributed by atoms with Crippen LogP contribution in [0.25, 0.3) is 16.5 Å². The van der Waals surface area contributed by atoms with Crippen molar-refractivity contribution in [2.45, 2.75) is 57.3 Å². The Kier molecular flexibility index (Phi) is 5.67. The van der Waals surface area contributed by atoms with E-state index >= 15 is 0 Å². The van der Waals surface area contributed by atoms with Crippen molar-refractivity contribution < 1.29 is 0 Å². The van der Waals surface area contributed by atoms with E-state index in [1.807, 2.05) is 30.5 Å². The predicted molar refractivity (Wildman–Crippen MR) is 119 cm³/mol. The number of aromatic nitrogens is 4. The monoisotopic (exact) mass is 405 g/mol. The highest BCUT2D eigenvalue weighted by atomic mass is 16.1. The molecule has 0 spiro atoms. The Labute approximate surface area is 177 Å². The van der Waals surface area contributed by atoms with Gasteiger partial charge in [0.05, 0.1) is 5.69 Å². The van der Waals surface area contributed by atoms with Gasteiger partial charge in [0.15, 0.2) is 0 Å². The minimum atomic E-state index is -0.159. The first-order chi connectivity index (χ1) is 14.8.